The molecule has 1 fully saturated rings. The maximum atomic E-state index is 4.37. The Morgan fingerprint density at radius 1 is 1.43 bits per heavy atom. The Morgan fingerprint density at radius 3 is 2.93 bits per heavy atom. The normalized spacial score (nSPS) is 18.4. The molecule has 0 saturated carbocycles. The van der Waals surface area contributed by atoms with Gasteiger partial charge in [0.1, 0.15) is 0 Å². The van der Waals surface area contributed by atoms with E-state index in [4.69, 9.17) is 0 Å². The van der Waals surface area contributed by atoms with Gasteiger partial charge in [-0.1, -0.05) is 0 Å². The molecule has 0 amide bonds. The van der Waals surface area contributed by atoms with Gasteiger partial charge < -0.3 is 5.32 Å². The van der Waals surface area contributed by atoms with E-state index in [1.807, 2.05) is 12.3 Å². The van der Waals surface area contributed by atoms with Crippen molar-refractivity contribution in [2.45, 2.75) is 13.5 Å². The number of aryl methyl sites for hydroxylation is 1. The van der Waals surface area contributed by atoms with Crippen LogP contribution in [-0.4, -0.2) is 36.1 Å². The summed E-state index contributed by atoms with van der Waals surface area (Å²) in [5, 5.41) is 3.35. The second-order valence-corrected chi connectivity index (χ2v) is 3.85. The fraction of sp³-hybridized carbons (Fsp3) is 0.545. The highest BCUT2D eigenvalue weighted by Crippen LogP contribution is 2.04. The molecule has 1 N–H and O–H groups in total. The van der Waals surface area contributed by atoms with Gasteiger partial charge in [-0.15, -0.1) is 0 Å². The Balaban J connectivity index is 1.95. The third-order valence-corrected chi connectivity index (χ3v) is 2.57. The minimum atomic E-state index is 0.989. The molecule has 76 valence electrons. The predicted molar refractivity (Wildman–Crippen MR) is 57.1 cm³/mol. The average Bonchev–Trinajstić information content (AvgIpc) is 2.19. The van der Waals surface area contributed by atoms with Crippen LogP contribution < -0.4 is 5.32 Å². The van der Waals surface area contributed by atoms with Crippen LogP contribution in [0, 0.1) is 6.92 Å². The first-order valence-electron chi connectivity index (χ1n) is 5.19. The molecule has 1 aliphatic heterocycles. The first-order valence-corrected chi connectivity index (χ1v) is 5.19. The molecule has 0 unspecified atom stereocenters. The molecule has 14 heavy (non-hydrogen) atoms. The Morgan fingerprint density at radius 2 is 2.21 bits per heavy atom. The number of nitrogens with zero attached hydrogens (tertiary/aromatic N) is 2. The molecule has 3 nitrogen and oxygen atoms in total. The van der Waals surface area contributed by atoms with Crippen LogP contribution in [0.1, 0.15) is 11.3 Å². The van der Waals surface area contributed by atoms with Gasteiger partial charge in [0.25, 0.3) is 0 Å². The van der Waals surface area contributed by atoms with Crippen LogP contribution in [0.5, 0.6) is 0 Å². The molecule has 1 aromatic rings. The van der Waals surface area contributed by atoms with E-state index < -0.39 is 0 Å². The van der Waals surface area contributed by atoms with Crippen molar-refractivity contribution in [3.05, 3.63) is 29.6 Å². The summed E-state index contributed by atoms with van der Waals surface area (Å²) in [4.78, 5) is 6.81. The molecule has 0 radical (unpaired) electrons. The number of rotatable bonds is 2. The monoisotopic (exact) mass is 191 g/mol. The molecule has 0 atom stereocenters. The summed E-state index contributed by atoms with van der Waals surface area (Å²) in [5.74, 6) is 0. The molecule has 1 aliphatic rings. The zero-order valence-electron chi connectivity index (χ0n) is 8.66. The average molecular weight is 191 g/mol. The standard InChI is InChI=1S/C11H17N3/c1-10-2-3-13-11(8-10)9-14-6-4-12-5-7-14/h2-3,8,12H,4-7,9H2,1H3. The van der Waals surface area contributed by atoms with E-state index in [2.05, 4.69) is 28.2 Å². The van der Waals surface area contributed by atoms with Crippen molar-refractivity contribution in [2.24, 2.45) is 0 Å². The molecule has 0 aliphatic carbocycles. The van der Waals surface area contributed by atoms with Crippen LogP contribution in [0.25, 0.3) is 0 Å². The van der Waals surface area contributed by atoms with Gasteiger partial charge in [0, 0.05) is 38.9 Å². The molecular weight excluding hydrogens is 174 g/mol. The summed E-state index contributed by atoms with van der Waals surface area (Å²) in [6.45, 7) is 7.58. The van der Waals surface area contributed by atoms with E-state index in [1.165, 1.54) is 11.3 Å². The second kappa shape index (κ2) is 4.53. The summed E-state index contributed by atoms with van der Waals surface area (Å²) in [6.07, 6.45) is 1.90. The lowest BCUT2D eigenvalue weighted by Crippen LogP contribution is -2.43. The lowest BCUT2D eigenvalue weighted by atomic mass is 10.2. The van der Waals surface area contributed by atoms with E-state index in [1.54, 1.807) is 0 Å². The van der Waals surface area contributed by atoms with Crippen molar-refractivity contribution in [1.29, 1.82) is 0 Å². The van der Waals surface area contributed by atoms with Gasteiger partial charge in [-0.25, -0.2) is 0 Å². The molecule has 1 saturated heterocycles. The van der Waals surface area contributed by atoms with Crippen molar-refractivity contribution >= 4 is 0 Å². The van der Waals surface area contributed by atoms with Crippen molar-refractivity contribution in [3.63, 3.8) is 0 Å². The largest absolute Gasteiger partial charge is 0.314 e. The molecule has 0 bridgehead atoms. The lowest BCUT2D eigenvalue weighted by molar-refractivity contribution is 0.230. The Hall–Kier alpha value is -0.930. The van der Waals surface area contributed by atoms with E-state index in [0.717, 1.165) is 32.7 Å². The summed E-state index contributed by atoms with van der Waals surface area (Å²) in [6, 6.07) is 4.21. The molecule has 3 heteroatoms. The van der Waals surface area contributed by atoms with Crippen LogP contribution in [0.4, 0.5) is 0 Å². The Labute approximate surface area is 85.1 Å². The minimum Gasteiger partial charge on any atom is -0.314 e. The molecule has 2 rings (SSSR count). The summed E-state index contributed by atoms with van der Waals surface area (Å²) in [7, 11) is 0. The number of aromatic nitrogens is 1. The Kier molecular flexibility index (Phi) is 3.11. The zero-order chi connectivity index (χ0) is 9.80. The summed E-state index contributed by atoms with van der Waals surface area (Å²) < 4.78 is 0. The van der Waals surface area contributed by atoms with Gasteiger partial charge in [0.2, 0.25) is 0 Å². The summed E-state index contributed by atoms with van der Waals surface area (Å²) in [5.41, 5.74) is 2.48. The number of hydrogen-bond acceptors (Lipinski definition) is 3. The number of nitrogens with one attached hydrogen (secondary N) is 1. The number of piperazine rings is 1. The van der Waals surface area contributed by atoms with Gasteiger partial charge in [-0.05, 0) is 24.6 Å². The molecule has 1 aromatic heterocycles. The first kappa shape index (κ1) is 9.62. The van der Waals surface area contributed by atoms with Crippen LogP contribution in [0.15, 0.2) is 18.3 Å². The SMILES string of the molecule is Cc1ccnc(CN2CCNCC2)c1. The van der Waals surface area contributed by atoms with E-state index in [-0.39, 0.29) is 0 Å². The van der Waals surface area contributed by atoms with Gasteiger partial charge in [-0.3, -0.25) is 9.88 Å². The predicted octanol–water partition coefficient (Wildman–Crippen LogP) is 0.795. The van der Waals surface area contributed by atoms with E-state index in [9.17, 15) is 0 Å². The van der Waals surface area contributed by atoms with Gasteiger partial charge in [0.05, 0.1) is 5.69 Å². The third kappa shape index (κ3) is 2.53. The van der Waals surface area contributed by atoms with Crippen molar-refractivity contribution < 1.29 is 0 Å². The lowest BCUT2D eigenvalue weighted by Gasteiger charge is -2.26. The smallest absolute Gasteiger partial charge is 0.0546 e. The van der Waals surface area contributed by atoms with Gasteiger partial charge >= 0.3 is 0 Å². The van der Waals surface area contributed by atoms with Crippen LogP contribution in [0.3, 0.4) is 0 Å². The zero-order valence-corrected chi connectivity index (χ0v) is 8.66. The molecule has 0 aromatic carbocycles. The van der Waals surface area contributed by atoms with Crippen molar-refractivity contribution in [2.75, 3.05) is 26.2 Å². The van der Waals surface area contributed by atoms with Gasteiger partial charge in [0.15, 0.2) is 0 Å². The van der Waals surface area contributed by atoms with Crippen molar-refractivity contribution in [1.82, 2.24) is 15.2 Å². The summed E-state index contributed by atoms with van der Waals surface area (Å²) >= 11 is 0. The fourth-order valence-electron chi connectivity index (χ4n) is 1.78. The molecule has 0 spiro atoms. The number of hydrogen-bond donors (Lipinski definition) is 1. The fourth-order valence-corrected chi connectivity index (χ4v) is 1.78. The molecule has 2 heterocycles. The molecular formula is C11H17N3. The van der Waals surface area contributed by atoms with Crippen molar-refractivity contribution in [3.8, 4) is 0 Å². The van der Waals surface area contributed by atoms with Crippen LogP contribution in [0.2, 0.25) is 0 Å². The highest BCUT2D eigenvalue weighted by Gasteiger charge is 2.09. The third-order valence-electron chi connectivity index (χ3n) is 2.57. The second-order valence-electron chi connectivity index (χ2n) is 3.85. The number of pyridine rings is 1. The van der Waals surface area contributed by atoms with E-state index in [0.29, 0.717) is 0 Å². The highest BCUT2D eigenvalue weighted by molar-refractivity contribution is 5.14. The topological polar surface area (TPSA) is 28.2 Å². The quantitative estimate of drug-likeness (QED) is 0.749. The first-order chi connectivity index (χ1) is 6.84. The van der Waals surface area contributed by atoms with Crippen LogP contribution in [-0.2, 0) is 6.54 Å². The highest BCUT2D eigenvalue weighted by atomic mass is 15.2. The Bertz CT molecular complexity index is 292. The van der Waals surface area contributed by atoms with Crippen LogP contribution >= 0.6 is 0 Å². The maximum Gasteiger partial charge on any atom is 0.0546 e. The minimum absolute atomic E-state index is 0.989. The van der Waals surface area contributed by atoms with Gasteiger partial charge in [-0.2, -0.15) is 0 Å². The van der Waals surface area contributed by atoms with E-state index >= 15 is 0 Å². The maximum absolute atomic E-state index is 4.37.